The molecule has 3 heterocycles. The zero-order valence-corrected chi connectivity index (χ0v) is 10.4. The Bertz CT molecular complexity index is 632. The number of hydrogen-bond donors (Lipinski definition) is 1. The molecule has 0 saturated heterocycles. The van der Waals surface area contributed by atoms with E-state index in [1.165, 1.54) is 33.9 Å². The average Bonchev–Trinajstić information content (AvgIpc) is 3.01. The number of carbonyl (C=O) groups is 1. The van der Waals surface area contributed by atoms with Crippen molar-refractivity contribution >= 4 is 40.0 Å². The van der Waals surface area contributed by atoms with Crippen molar-refractivity contribution in [2.75, 3.05) is 11.1 Å². The van der Waals surface area contributed by atoms with Crippen molar-refractivity contribution in [2.45, 2.75) is 5.22 Å². The molecule has 1 amide bonds. The first-order valence-electron chi connectivity index (χ1n) is 4.80. The fourth-order valence-electron chi connectivity index (χ4n) is 1.17. The molecule has 0 aromatic carbocycles. The number of anilines is 1. The van der Waals surface area contributed by atoms with Crippen LogP contribution >= 0.6 is 23.1 Å². The summed E-state index contributed by atoms with van der Waals surface area (Å²) in [5.41, 5.74) is 0. The van der Waals surface area contributed by atoms with Crippen molar-refractivity contribution in [3.8, 4) is 0 Å². The Morgan fingerprint density at radius 1 is 1.61 bits per heavy atom. The highest BCUT2D eigenvalue weighted by Gasteiger charge is 2.11. The first kappa shape index (κ1) is 11.2. The van der Waals surface area contributed by atoms with Crippen LogP contribution in [-0.4, -0.2) is 36.5 Å². The molecule has 0 saturated carbocycles. The van der Waals surface area contributed by atoms with Crippen molar-refractivity contribution in [3.05, 3.63) is 17.9 Å². The first-order chi connectivity index (χ1) is 8.81. The highest BCUT2D eigenvalue weighted by molar-refractivity contribution is 7.99. The molecule has 0 unspecified atom stereocenters. The van der Waals surface area contributed by atoms with Gasteiger partial charge in [-0.15, -0.1) is 21.5 Å². The van der Waals surface area contributed by atoms with Crippen LogP contribution in [0, 0.1) is 0 Å². The molecule has 3 rings (SSSR count). The molecule has 3 aromatic rings. The van der Waals surface area contributed by atoms with E-state index in [9.17, 15) is 4.79 Å². The van der Waals surface area contributed by atoms with Crippen LogP contribution in [0.5, 0.6) is 0 Å². The Labute approximate surface area is 108 Å². The molecule has 1 N–H and O–H groups in total. The third-order valence-corrected chi connectivity index (χ3v) is 3.38. The molecule has 0 aliphatic carbocycles. The van der Waals surface area contributed by atoms with Crippen LogP contribution in [0.2, 0.25) is 0 Å². The van der Waals surface area contributed by atoms with Crippen LogP contribution in [-0.2, 0) is 4.79 Å². The fourth-order valence-corrected chi connectivity index (χ4v) is 2.32. The second-order valence-electron chi connectivity index (χ2n) is 3.10. The van der Waals surface area contributed by atoms with Gasteiger partial charge >= 0.3 is 5.84 Å². The highest BCUT2D eigenvalue weighted by atomic mass is 32.2. The van der Waals surface area contributed by atoms with Crippen LogP contribution in [0.3, 0.4) is 0 Å². The summed E-state index contributed by atoms with van der Waals surface area (Å²) in [4.78, 5) is 15.5. The Kier molecular flexibility index (Phi) is 2.94. The Morgan fingerprint density at radius 3 is 3.33 bits per heavy atom. The monoisotopic (exact) mass is 282 g/mol. The molecular formula is C8H6N6O2S2. The van der Waals surface area contributed by atoms with E-state index in [2.05, 4.69) is 25.6 Å². The molecule has 0 fully saturated rings. The van der Waals surface area contributed by atoms with Gasteiger partial charge in [-0.1, -0.05) is 16.9 Å². The maximum atomic E-state index is 11.6. The van der Waals surface area contributed by atoms with Crippen molar-refractivity contribution in [1.82, 2.24) is 24.8 Å². The number of carbonyl (C=O) groups excluding carboxylic acids is 1. The Hall–Kier alpha value is -1.94. The fraction of sp³-hybridized carbons (Fsp3) is 0.125. The summed E-state index contributed by atoms with van der Waals surface area (Å²) >= 11 is 2.54. The largest absolute Gasteiger partial charge is 0.396 e. The third kappa shape index (κ3) is 2.33. The van der Waals surface area contributed by atoms with Crippen molar-refractivity contribution in [3.63, 3.8) is 0 Å². The van der Waals surface area contributed by atoms with Crippen LogP contribution in [0.1, 0.15) is 0 Å². The molecule has 0 aliphatic rings. The number of nitrogens with zero attached hydrogens (tertiary/aromatic N) is 5. The predicted molar refractivity (Wildman–Crippen MR) is 64.5 cm³/mol. The summed E-state index contributed by atoms with van der Waals surface area (Å²) in [5.74, 6) is 0.332. The van der Waals surface area contributed by atoms with Gasteiger partial charge < -0.3 is 9.73 Å². The van der Waals surface area contributed by atoms with E-state index in [1.807, 2.05) is 0 Å². The average molecular weight is 282 g/mol. The van der Waals surface area contributed by atoms with Crippen molar-refractivity contribution in [1.29, 1.82) is 0 Å². The molecule has 0 bridgehead atoms. The molecule has 0 aliphatic heterocycles. The van der Waals surface area contributed by atoms with Crippen LogP contribution in [0.4, 0.5) is 5.13 Å². The molecule has 92 valence electrons. The van der Waals surface area contributed by atoms with Gasteiger partial charge in [0.15, 0.2) is 5.13 Å². The van der Waals surface area contributed by atoms with E-state index in [0.29, 0.717) is 16.2 Å². The zero-order valence-electron chi connectivity index (χ0n) is 8.81. The summed E-state index contributed by atoms with van der Waals surface area (Å²) < 4.78 is 6.65. The predicted octanol–water partition coefficient (Wildman–Crippen LogP) is 0.905. The van der Waals surface area contributed by atoms with E-state index in [0.717, 1.165) is 0 Å². The van der Waals surface area contributed by atoms with E-state index < -0.39 is 0 Å². The quantitative estimate of drug-likeness (QED) is 0.710. The number of aromatic nitrogens is 5. The van der Waals surface area contributed by atoms with Gasteiger partial charge in [0.25, 0.3) is 5.22 Å². The Morgan fingerprint density at radius 2 is 2.56 bits per heavy atom. The number of thioether (sulfide) groups is 1. The van der Waals surface area contributed by atoms with Gasteiger partial charge in [-0.2, -0.15) is 4.52 Å². The molecule has 0 radical (unpaired) electrons. The number of thiazole rings is 1. The zero-order chi connectivity index (χ0) is 12.4. The van der Waals surface area contributed by atoms with Gasteiger partial charge in [-0.25, -0.2) is 4.98 Å². The standard InChI is InChI=1S/C8H6N6O2S2/c15-5(11-6-9-1-2-17-6)3-18-8-13-14-4-10-12-7(14)16-8/h1-2,4H,3H2,(H,9,11,15). The molecule has 3 aromatic heterocycles. The molecule has 0 atom stereocenters. The number of amides is 1. The maximum Gasteiger partial charge on any atom is 0.345 e. The minimum atomic E-state index is -0.163. The van der Waals surface area contributed by atoms with Crippen molar-refractivity contribution in [2.24, 2.45) is 0 Å². The minimum Gasteiger partial charge on any atom is -0.396 e. The van der Waals surface area contributed by atoms with Gasteiger partial charge in [0.05, 0.1) is 5.75 Å². The van der Waals surface area contributed by atoms with Gasteiger partial charge in [0, 0.05) is 11.6 Å². The van der Waals surface area contributed by atoms with E-state index >= 15 is 0 Å². The van der Waals surface area contributed by atoms with Crippen LogP contribution in [0.25, 0.3) is 5.84 Å². The lowest BCUT2D eigenvalue weighted by molar-refractivity contribution is -0.113. The van der Waals surface area contributed by atoms with Crippen LogP contribution < -0.4 is 5.32 Å². The lowest BCUT2D eigenvalue weighted by Gasteiger charge is -1.98. The third-order valence-electron chi connectivity index (χ3n) is 1.87. The summed E-state index contributed by atoms with van der Waals surface area (Å²) in [5, 5.41) is 16.7. The van der Waals surface area contributed by atoms with Gasteiger partial charge in [0.1, 0.15) is 6.33 Å². The Balaban J connectivity index is 1.57. The van der Waals surface area contributed by atoms with Gasteiger partial charge in [-0.3, -0.25) is 4.79 Å². The summed E-state index contributed by atoms with van der Waals surface area (Å²) in [6.07, 6.45) is 3.06. The number of fused-ring (bicyclic) bond motifs is 1. The number of nitrogens with one attached hydrogen (secondary N) is 1. The lowest BCUT2D eigenvalue weighted by Crippen LogP contribution is -2.13. The van der Waals surface area contributed by atoms with Gasteiger partial charge in [-0.05, 0) is 0 Å². The highest BCUT2D eigenvalue weighted by Crippen LogP contribution is 2.18. The number of rotatable bonds is 4. The van der Waals surface area contributed by atoms with Crippen molar-refractivity contribution < 1.29 is 9.21 Å². The number of hydrogen-bond acceptors (Lipinski definition) is 8. The summed E-state index contributed by atoms with van der Waals surface area (Å²) in [7, 11) is 0. The summed E-state index contributed by atoms with van der Waals surface area (Å²) in [6.45, 7) is 0. The second-order valence-corrected chi connectivity index (χ2v) is 4.92. The smallest absolute Gasteiger partial charge is 0.345 e. The van der Waals surface area contributed by atoms with E-state index in [1.54, 1.807) is 11.6 Å². The first-order valence-corrected chi connectivity index (χ1v) is 6.67. The summed E-state index contributed by atoms with van der Waals surface area (Å²) in [6, 6.07) is 0. The normalized spacial score (nSPS) is 10.9. The topological polar surface area (TPSA) is 98.2 Å². The van der Waals surface area contributed by atoms with E-state index in [4.69, 9.17) is 4.42 Å². The van der Waals surface area contributed by atoms with Crippen LogP contribution in [0.15, 0.2) is 27.5 Å². The SMILES string of the molecule is O=C(CSc1nn2cnnc2o1)Nc1nccs1. The van der Waals surface area contributed by atoms with E-state index in [-0.39, 0.29) is 11.7 Å². The minimum absolute atomic E-state index is 0.163. The molecule has 8 nitrogen and oxygen atoms in total. The molecule has 10 heteroatoms. The second kappa shape index (κ2) is 4.74. The molecular weight excluding hydrogens is 276 g/mol. The molecule has 18 heavy (non-hydrogen) atoms. The van der Waals surface area contributed by atoms with Gasteiger partial charge in [0.2, 0.25) is 5.91 Å². The maximum absolute atomic E-state index is 11.6. The molecule has 0 spiro atoms. The lowest BCUT2D eigenvalue weighted by atomic mass is 10.7.